The summed E-state index contributed by atoms with van der Waals surface area (Å²) >= 11 is 0. The van der Waals surface area contributed by atoms with Gasteiger partial charge >= 0.3 is 0 Å². The molecule has 1 aliphatic heterocycles. The molecule has 126 valence electrons. The van der Waals surface area contributed by atoms with Crippen molar-refractivity contribution in [3.8, 4) is 17.3 Å². The fraction of sp³-hybridized carbons (Fsp3) is 0.333. The van der Waals surface area contributed by atoms with E-state index in [2.05, 4.69) is 16.3 Å². The van der Waals surface area contributed by atoms with Crippen molar-refractivity contribution in [3.63, 3.8) is 0 Å². The van der Waals surface area contributed by atoms with Gasteiger partial charge in [-0.2, -0.15) is 10.4 Å². The highest BCUT2D eigenvalue weighted by Gasteiger charge is 2.25. The Morgan fingerprint density at radius 3 is 3.00 bits per heavy atom. The highest BCUT2D eigenvalue weighted by atomic mass is 16.1. The van der Waals surface area contributed by atoms with Crippen molar-refractivity contribution in [1.82, 2.24) is 24.1 Å². The lowest BCUT2D eigenvalue weighted by molar-refractivity contribution is 0.0957. The number of imidazole rings is 1. The fourth-order valence-corrected chi connectivity index (χ4v) is 3.39. The molecule has 7 nitrogen and oxygen atoms in total. The van der Waals surface area contributed by atoms with Gasteiger partial charge in [-0.3, -0.25) is 13.9 Å². The van der Waals surface area contributed by atoms with E-state index >= 15 is 0 Å². The molecule has 4 heterocycles. The standard InChI is InChI=1S/C18H18N6O/c1-22-11-15(8-21-22)14-3-5-24-16(9-20-18(24)7-14)17(25)6-13-2-4-23(10-13)12-19/h3,5,7-9,11,13H,2,4,6,10H2,1H3/t13-/m0/s1. The molecule has 7 heteroatoms. The molecule has 3 aromatic rings. The molecule has 0 unspecified atom stereocenters. The van der Waals surface area contributed by atoms with Gasteiger partial charge in [0.15, 0.2) is 12.0 Å². The minimum atomic E-state index is 0.0754. The number of nitrogens with zero attached hydrogens (tertiary/aromatic N) is 6. The maximum Gasteiger partial charge on any atom is 0.181 e. The summed E-state index contributed by atoms with van der Waals surface area (Å²) in [5.41, 5.74) is 3.38. The number of Topliss-reactive ketones (excluding diaryl/α,β-unsaturated/α-hetero) is 1. The molecule has 3 aromatic heterocycles. The van der Waals surface area contributed by atoms with Gasteiger partial charge in [-0.15, -0.1) is 0 Å². The van der Waals surface area contributed by atoms with Gasteiger partial charge in [-0.1, -0.05) is 0 Å². The molecule has 0 amide bonds. The van der Waals surface area contributed by atoms with Crippen molar-refractivity contribution >= 4 is 11.4 Å². The van der Waals surface area contributed by atoms with Crippen LogP contribution < -0.4 is 0 Å². The average molecular weight is 334 g/mol. The van der Waals surface area contributed by atoms with Gasteiger partial charge in [0.1, 0.15) is 11.3 Å². The van der Waals surface area contributed by atoms with Gasteiger partial charge in [0.05, 0.1) is 12.4 Å². The van der Waals surface area contributed by atoms with E-state index in [-0.39, 0.29) is 11.7 Å². The number of aryl methyl sites for hydroxylation is 1. The molecule has 0 bridgehead atoms. The minimum absolute atomic E-state index is 0.0754. The minimum Gasteiger partial charge on any atom is -0.310 e. The zero-order chi connectivity index (χ0) is 17.4. The Morgan fingerprint density at radius 1 is 1.40 bits per heavy atom. The first kappa shape index (κ1) is 15.4. The molecule has 0 N–H and O–H groups in total. The van der Waals surface area contributed by atoms with Crippen LogP contribution in [-0.4, -0.2) is 42.9 Å². The van der Waals surface area contributed by atoms with E-state index in [0.717, 1.165) is 29.7 Å². The van der Waals surface area contributed by atoms with E-state index in [1.165, 1.54) is 0 Å². The number of hydrogen-bond donors (Lipinski definition) is 0. The van der Waals surface area contributed by atoms with E-state index in [0.29, 0.717) is 18.7 Å². The lowest BCUT2D eigenvalue weighted by atomic mass is 10.0. The van der Waals surface area contributed by atoms with Crippen LogP contribution in [-0.2, 0) is 7.05 Å². The third-order valence-corrected chi connectivity index (χ3v) is 4.74. The quantitative estimate of drug-likeness (QED) is 0.539. The van der Waals surface area contributed by atoms with Gasteiger partial charge in [-0.05, 0) is 30.0 Å². The SMILES string of the molecule is Cn1cc(-c2ccn3c(C(=O)C[C@@H]4CCN(C#N)C4)cnc3c2)cn1. The molecule has 0 radical (unpaired) electrons. The fourth-order valence-electron chi connectivity index (χ4n) is 3.39. The van der Waals surface area contributed by atoms with Gasteiger partial charge in [0.2, 0.25) is 0 Å². The number of carbonyl (C=O) groups excluding carboxylic acids is 1. The molecule has 1 fully saturated rings. The average Bonchev–Trinajstić information content (AvgIpc) is 3.33. The summed E-state index contributed by atoms with van der Waals surface area (Å²) in [4.78, 5) is 18.8. The third kappa shape index (κ3) is 2.87. The number of aromatic nitrogens is 4. The predicted octanol–water partition coefficient (Wildman–Crippen LogP) is 2.11. The molecule has 0 aliphatic carbocycles. The lowest BCUT2D eigenvalue weighted by Crippen LogP contribution is -2.16. The number of fused-ring (bicyclic) bond motifs is 1. The number of rotatable bonds is 4. The molecule has 1 aliphatic rings. The Morgan fingerprint density at radius 2 is 2.28 bits per heavy atom. The van der Waals surface area contributed by atoms with E-state index in [1.807, 2.05) is 42.2 Å². The Hall–Kier alpha value is -3.14. The van der Waals surface area contributed by atoms with Crippen molar-refractivity contribution in [1.29, 1.82) is 5.26 Å². The van der Waals surface area contributed by atoms with Crippen molar-refractivity contribution in [3.05, 3.63) is 42.6 Å². The summed E-state index contributed by atoms with van der Waals surface area (Å²) in [6, 6.07) is 3.93. The van der Waals surface area contributed by atoms with E-state index in [9.17, 15) is 4.79 Å². The third-order valence-electron chi connectivity index (χ3n) is 4.74. The van der Waals surface area contributed by atoms with Gasteiger partial charge in [-0.25, -0.2) is 4.98 Å². The summed E-state index contributed by atoms with van der Waals surface area (Å²) in [6.07, 6.45) is 10.8. The zero-order valence-corrected chi connectivity index (χ0v) is 14.0. The van der Waals surface area contributed by atoms with Gasteiger partial charge in [0, 0.05) is 44.5 Å². The Balaban J connectivity index is 1.57. The summed E-state index contributed by atoms with van der Waals surface area (Å²) in [6.45, 7) is 1.42. The molecule has 1 saturated heterocycles. The van der Waals surface area contributed by atoms with Crippen molar-refractivity contribution in [2.75, 3.05) is 13.1 Å². The summed E-state index contributed by atoms with van der Waals surface area (Å²) in [5.74, 6) is 0.318. The number of nitriles is 1. The molecule has 0 aromatic carbocycles. The van der Waals surface area contributed by atoms with Crippen LogP contribution >= 0.6 is 0 Å². The second-order valence-electron chi connectivity index (χ2n) is 6.52. The zero-order valence-electron chi connectivity index (χ0n) is 14.0. The van der Waals surface area contributed by atoms with Crippen LogP contribution in [0.5, 0.6) is 0 Å². The molecular weight excluding hydrogens is 316 g/mol. The van der Waals surface area contributed by atoms with Crippen molar-refractivity contribution < 1.29 is 4.79 Å². The Labute approximate surface area is 145 Å². The van der Waals surface area contributed by atoms with Crippen molar-refractivity contribution in [2.45, 2.75) is 12.8 Å². The molecular formula is C18H18N6O. The molecule has 0 saturated carbocycles. The smallest absolute Gasteiger partial charge is 0.181 e. The van der Waals surface area contributed by atoms with E-state index in [4.69, 9.17) is 5.26 Å². The lowest BCUT2D eigenvalue weighted by Gasteiger charge is -2.08. The first-order valence-corrected chi connectivity index (χ1v) is 8.28. The predicted molar refractivity (Wildman–Crippen MR) is 91.6 cm³/mol. The van der Waals surface area contributed by atoms with E-state index < -0.39 is 0 Å². The van der Waals surface area contributed by atoms with Gasteiger partial charge in [0.25, 0.3) is 0 Å². The summed E-state index contributed by atoms with van der Waals surface area (Å²) in [7, 11) is 1.88. The topological polar surface area (TPSA) is 79.2 Å². The number of hydrogen-bond acceptors (Lipinski definition) is 5. The first-order chi connectivity index (χ1) is 12.1. The first-order valence-electron chi connectivity index (χ1n) is 8.28. The molecule has 0 spiro atoms. The number of carbonyl (C=O) groups is 1. The second kappa shape index (κ2) is 6.06. The van der Waals surface area contributed by atoms with Crippen molar-refractivity contribution in [2.24, 2.45) is 13.0 Å². The Bertz CT molecular complexity index is 979. The largest absolute Gasteiger partial charge is 0.310 e. The number of pyridine rings is 1. The van der Waals surface area contributed by atoms with Crippen LogP contribution in [0.25, 0.3) is 16.8 Å². The maximum atomic E-state index is 12.7. The highest BCUT2D eigenvalue weighted by Crippen LogP contribution is 2.23. The molecule has 25 heavy (non-hydrogen) atoms. The van der Waals surface area contributed by atoms with E-state index in [1.54, 1.807) is 15.8 Å². The highest BCUT2D eigenvalue weighted by molar-refractivity contribution is 5.95. The molecule has 1 atom stereocenters. The monoisotopic (exact) mass is 334 g/mol. The number of likely N-dealkylation sites (tertiary alicyclic amines) is 1. The van der Waals surface area contributed by atoms with Crippen LogP contribution in [0.1, 0.15) is 23.3 Å². The summed E-state index contributed by atoms with van der Waals surface area (Å²) in [5, 5.41) is 13.1. The van der Waals surface area contributed by atoms with Crippen LogP contribution in [0.15, 0.2) is 36.9 Å². The van der Waals surface area contributed by atoms with Crippen LogP contribution in [0.3, 0.4) is 0 Å². The van der Waals surface area contributed by atoms with Crippen LogP contribution in [0, 0.1) is 17.4 Å². The maximum absolute atomic E-state index is 12.7. The Kier molecular flexibility index (Phi) is 3.73. The number of ketones is 1. The summed E-state index contributed by atoms with van der Waals surface area (Å²) < 4.78 is 3.59. The normalized spacial score (nSPS) is 17.1. The molecule has 4 rings (SSSR count). The van der Waals surface area contributed by atoms with Gasteiger partial charge < -0.3 is 4.90 Å². The van der Waals surface area contributed by atoms with Crippen LogP contribution in [0.4, 0.5) is 0 Å². The second-order valence-corrected chi connectivity index (χ2v) is 6.52. The van der Waals surface area contributed by atoms with Crippen LogP contribution in [0.2, 0.25) is 0 Å².